The molecule has 0 bridgehead atoms. The quantitative estimate of drug-likeness (QED) is 0.695. The molecule has 0 aliphatic rings. The Hall–Kier alpha value is -1.99. The van der Waals surface area contributed by atoms with E-state index in [1.807, 2.05) is 12.3 Å². The topological polar surface area (TPSA) is 85.1 Å². The number of hydrogen-bond acceptors (Lipinski definition) is 5. The molecule has 8 heteroatoms. The molecule has 1 heterocycles. The van der Waals surface area contributed by atoms with Crippen molar-refractivity contribution in [3.05, 3.63) is 55.0 Å². The van der Waals surface area contributed by atoms with E-state index in [0.29, 0.717) is 5.69 Å². The molecule has 0 saturated heterocycles. The summed E-state index contributed by atoms with van der Waals surface area (Å²) in [7, 11) is 0. The fourth-order valence-corrected chi connectivity index (χ4v) is 2.50. The van der Waals surface area contributed by atoms with Gasteiger partial charge < -0.3 is 5.32 Å². The SMILES string of the molecule is Cc1nc(CNC(=O)c2cccc(Cl)c2[N+](=O)[O-])cs1. The van der Waals surface area contributed by atoms with Crippen molar-refractivity contribution in [3.63, 3.8) is 0 Å². The first-order valence-corrected chi connectivity index (χ1v) is 6.87. The lowest BCUT2D eigenvalue weighted by Gasteiger charge is -2.05. The molecule has 0 saturated carbocycles. The average Bonchev–Trinajstić information content (AvgIpc) is 2.81. The van der Waals surface area contributed by atoms with E-state index in [9.17, 15) is 14.9 Å². The molecule has 0 radical (unpaired) electrons. The van der Waals surface area contributed by atoms with Gasteiger partial charge in [-0.2, -0.15) is 0 Å². The molecule has 6 nitrogen and oxygen atoms in total. The van der Waals surface area contributed by atoms with Gasteiger partial charge in [0.25, 0.3) is 5.91 Å². The van der Waals surface area contributed by atoms with Gasteiger partial charge in [-0.15, -0.1) is 11.3 Å². The zero-order valence-electron chi connectivity index (χ0n) is 10.4. The van der Waals surface area contributed by atoms with Crippen LogP contribution in [0.1, 0.15) is 21.1 Å². The maximum atomic E-state index is 12.0. The number of nitro groups is 1. The zero-order chi connectivity index (χ0) is 14.7. The van der Waals surface area contributed by atoms with Crippen LogP contribution in [0.4, 0.5) is 5.69 Å². The number of nitro benzene ring substituents is 1. The summed E-state index contributed by atoms with van der Waals surface area (Å²) in [4.78, 5) is 26.5. The summed E-state index contributed by atoms with van der Waals surface area (Å²) in [5.74, 6) is -0.551. The molecule has 2 aromatic rings. The Labute approximate surface area is 123 Å². The summed E-state index contributed by atoms with van der Waals surface area (Å²) in [5, 5.41) is 16.2. The molecule has 1 aromatic heterocycles. The molecule has 20 heavy (non-hydrogen) atoms. The van der Waals surface area contributed by atoms with Crippen molar-refractivity contribution in [3.8, 4) is 0 Å². The number of carbonyl (C=O) groups is 1. The lowest BCUT2D eigenvalue weighted by atomic mass is 10.1. The maximum absolute atomic E-state index is 12.0. The Morgan fingerprint density at radius 3 is 2.90 bits per heavy atom. The number of carbonyl (C=O) groups excluding carboxylic acids is 1. The minimum atomic E-state index is -0.662. The van der Waals surface area contributed by atoms with E-state index in [-0.39, 0.29) is 22.8 Å². The number of hydrogen-bond donors (Lipinski definition) is 1. The minimum Gasteiger partial charge on any atom is -0.346 e. The summed E-state index contributed by atoms with van der Waals surface area (Å²) < 4.78 is 0. The summed E-state index contributed by atoms with van der Waals surface area (Å²) in [5.41, 5.74) is 0.265. The van der Waals surface area contributed by atoms with Gasteiger partial charge in [0.15, 0.2) is 0 Å². The maximum Gasteiger partial charge on any atom is 0.300 e. The number of benzene rings is 1. The number of thiazole rings is 1. The third-order valence-corrected chi connectivity index (χ3v) is 3.64. The second-order valence-corrected chi connectivity index (χ2v) is 5.40. The Kier molecular flexibility index (Phi) is 4.31. The van der Waals surface area contributed by atoms with Crippen LogP contribution in [0.2, 0.25) is 5.02 Å². The monoisotopic (exact) mass is 311 g/mol. The third kappa shape index (κ3) is 3.12. The predicted molar refractivity (Wildman–Crippen MR) is 76.1 cm³/mol. The van der Waals surface area contributed by atoms with Gasteiger partial charge in [-0.1, -0.05) is 17.7 Å². The van der Waals surface area contributed by atoms with E-state index in [4.69, 9.17) is 11.6 Å². The highest BCUT2D eigenvalue weighted by molar-refractivity contribution is 7.09. The van der Waals surface area contributed by atoms with Crippen molar-refractivity contribution in [2.24, 2.45) is 0 Å². The Bertz CT molecular complexity index is 672. The first-order valence-electron chi connectivity index (χ1n) is 5.61. The number of amides is 1. The van der Waals surface area contributed by atoms with Crippen LogP contribution in [0.3, 0.4) is 0 Å². The van der Waals surface area contributed by atoms with Crippen LogP contribution in [-0.2, 0) is 6.54 Å². The van der Waals surface area contributed by atoms with E-state index in [2.05, 4.69) is 10.3 Å². The van der Waals surface area contributed by atoms with Crippen molar-refractivity contribution in [1.82, 2.24) is 10.3 Å². The summed E-state index contributed by atoms with van der Waals surface area (Å²) >= 11 is 7.23. The van der Waals surface area contributed by atoms with E-state index >= 15 is 0 Å². The normalized spacial score (nSPS) is 10.3. The molecule has 0 spiro atoms. The van der Waals surface area contributed by atoms with Crippen molar-refractivity contribution in [2.75, 3.05) is 0 Å². The number of rotatable bonds is 4. The number of halogens is 1. The minimum absolute atomic E-state index is 0.0607. The predicted octanol–water partition coefficient (Wildman–Crippen LogP) is 2.94. The first-order chi connectivity index (χ1) is 9.49. The lowest BCUT2D eigenvalue weighted by molar-refractivity contribution is -0.385. The molecule has 104 valence electrons. The van der Waals surface area contributed by atoms with Crippen LogP contribution >= 0.6 is 22.9 Å². The van der Waals surface area contributed by atoms with Crippen molar-refractivity contribution in [1.29, 1.82) is 0 Å². The first kappa shape index (κ1) is 14.4. The fraction of sp³-hybridized carbons (Fsp3) is 0.167. The second-order valence-electron chi connectivity index (χ2n) is 3.93. The Morgan fingerprint density at radius 2 is 2.30 bits per heavy atom. The molecule has 0 atom stereocenters. The highest BCUT2D eigenvalue weighted by Crippen LogP contribution is 2.28. The zero-order valence-corrected chi connectivity index (χ0v) is 12.0. The van der Waals surface area contributed by atoms with Gasteiger partial charge in [0.2, 0.25) is 0 Å². The molecular formula is C12H10ClN3O3S. The molecule has 1 amide bonds. The van der Waals surface area contributed by atoms with Crippen molar-refractivity contribution >= 4 is 34.5 Å². The highest BCUT2D eigenvalue weighted by atomic mass is 35.5. The summed E-state index contributed by atoms with van der Waals surface area (Å²) in [6.07, 6.45) is 0. The fourth-order valence-electron chi connectivity index (χ4n) is 1.64. The molecule has 0 aliphatic heterocycles. The van der Waals surface area contributed by atoms with Gasteiger partial charge >= 0.3 is 5.69 Å². The molecule has 0 fully saturated rings. The highest BCUT2D eigenvalue weighted by Gasteiger charge is 2.23. The van der Waals surface area contributed by atoms with E-state index in [0.717, 1.165) is 5.01 Å². The van der Waals surface area contributed by atoms with Crippen LogP contribution in [0.5, 0.6) is 0 Å². The van der Waals surface area contributed by atoms with Gasteiger partial charge in [-0.05, 0) is 19.1 Å². The van der Waals surface area contributed by atoms with Gasteiger partial charge in [0.05, 0.1) is 22.2 Å². The Morgan fingerprint density at radius 1 is 1.55 bits per heavy atom. The molecule has 0 unspecified atom stereocenters. The molecular weight excluding hydrogens is 302 g/mol. The van der Waals surface area contributed by atoms with Gasteiger partial charge in [0, 0.05) is 5.38 Å². The van der Waals surface area contributed by atoms with Crippen LogP contribution in [0.25, 0.3) is 0 Å². The molecule has 1 N–H and O–H groups in total. The number of aromatic nitrogens is 1. The van der Waals surface area contributed by atoms with E-state index < -0.39 is 10.8 Å². The largest absolute Gasteiger partial charge is 0.346 e. The third-order valence-electron chi connectivity index (χ3n) is 2.51. The van der Waals surface area contributed by atoms with Crippen LogP contribution in [0, 0.1) is 17.0 Å². The molecule has 1 aromatic carbocycles. The standard InChI is InChI=1S/C12H10ClN3O3S/c1-7-15-8(6-20-7)5-14-12(17)9-3-2-4-10(13)11(9)16(18)19/h2-4,6H,5H2,1H3,(H,14,17). The number of para-hydroxylation sites is 1. The number of aryl methyl sites for hydroxylation is 1. The van der Waals surface area contributed by atoms with Crippen molar-refractivity contribution in [2.45, 2.75) is 13.5 Å². The van der Waals surface area contributed by atoms with Crippen molar-refractivity contribution < 1.29 is 9.72 Å². The Balaban J connectivity index is 2.17. The second kappa shape index (κ2) is 5.98. The van der Waals surface area contributed by atoms with Crippen LogP contribution < -0.4 is 5.32 Å². The van der Waals surface area contributed by atoms with Gasteiger partial charge in [0.1, 0.15) is 10.6 Å². The summed E-state index contributed by atoms with van der Waals surface area (Å²) in [6, 6.07) is 4.24. The van der Waals surface area contributed by atoms with Gasteiger partial charge in [-0.25, -0.2) is 4.98 Å². The average molecular weight is 312 g/mol. The van der Waals surface area contributed by atoms with Crippen LogP contribution in [0.15, 0.2) is 23.6 Å². The van der Waals surface area contributed by atoms with Crippen LogP contribution in [-0.4, -0.2) is 15.8 Å². The lowest BCUT2D eigenvalue weighted by Crippen LogP contribution is -2.24. The van der Waals surface area contributed by atoms with Gasteiger partial charge in [-0.3, -0.25) is 14.9 Å². The van der Waals surface area contributed by atoms with E-state index in [1.54, 1.807) is 0 Å². The van der Waals surface area contributed by atoms with E-state index in [1.165, 1.54) is 29.5 Å². The smallest absolute Gasteiger partial charge is 0.300 e. The molecule has 2 rings (SSSR count). The summed E-state index contributed by atoms with van der Waals surface area (Å²) in [6.45, 7) is 2.07. The number of nitrogens with one attached hydrogen (secondary N) is 1. The number of nitrogens with zero attached hydrogens (tertiary/aromatic N) is 2. The molecule has 0 aliphatic carbocycles.